The molecule has 1 amide bonds. The first-order valence-electron chi connectivity index (χ1n) is 5.67. The number of anilines is 1. The Morgan fingerprint density at radius 3 is 2.43 bits per heavy atom. The van der Waals surface area contributed by atoms with Gasteiger partial charge in [-0.25, -0.2) is 13.6 Å². The third kappa shape index (κ3) is 3.43. The minimum atomic E-state index is -1.30. The number of carboxylic acid groups (broad SMARTS) is 1. The topological polar surface area (TPSA) is 66.4 Å². The third-order valence-corrected chi connectivity index (χ3v) is 3.25. The Hall–Kier alpha value is -2.28. The predicted molar refractivity (Wildman–Crippen MR) is 75.4 cm³/mol. The van der Waals surface area contributed by atoms with Gasteiger partial charge < -0.3 is 10.4 Å². The van der Waals surface area contributed by atoms with Crippen LogP contribution in [0.15, 0.2) is 40.9 Å². The molecule has 0 fully saturated rings. The fourth-order valence-corrected chi connectivity index (χ4v) is 2.02. The molecule has 2 N–H and O–H groups in total. The van der Waals surface area contributed by atoms with E-state index in [1.165, 1.54) is 12.1 Å². The summed E-state index contributed by atoms with van der Waals surface area (Å²) in [6.45, 7) is 0. The van der Waals surface area contributed by atoms with Crippen molar-refractivity contribution in [2.24, 2.45) is 0 Å². The summed E-state index contributed by atoms with van der Waals surface area (Å²) in [5.74, 6) is -3.20. The average Bonchev–Trinajstić information content (AvgIpc) is 2.41. The van der Waals surface area contributed by atoms with Crippen LogP contribution in [0.3, 0.4) is 0 Å². The Bertz CT molecular complexity index is 734. The van der Waals surface area contributed by atoms with E-state index in [1.54, 1.807) is 0 Å². The number of amides is 1. The number of hydrogen-bond donors (Lipinski definition) is 2. The van der Waals surface area contributed by atoms with Crippen molar-refractivity contribution >= 4 is 33.5 Å². The van der Waals surface area contributed by atoms with Crippen molar-refractivity contribution in [1.29, 1.82) is 0 Å². The summed E-state index contributed by atoms with van der Waals surface area (Å²) in [7, 11) is 0. The standard InChI is InChI=1S/C14H8BrF2NO3/c15-10-5-7(1-4-11(10)17)13(19)18-12-6-8(16)2-3-9(12)14(20)21/h1-6H,(H,18,19)(H,20,21). The van der Waals surface area contributed by atoms with Crippen LogP contribution in [0.2, 0.25) is 0 Å². The minimum absolute atomic E-state index is 0.0906. The molecular formula is C14H8BrF2NO3. The van der Waals surface area contributed by atoms with E-state index in [4.69, 9.17) is 5.11 Å². The number of aromatic carboxylic acids is 1. The van der Waals surface area contributed by atoms with Gasteiger partial charge in [-0.05, 0) is 52.3 Å². The fraction of sp³-hybridized carbons (Fsp3) is 0. The molecular weight excluding hydrogens is 348 g/mol. The van der Waals surface area contributed by atoms with Gasteiger partial charge in [-0.2, -0.15) is 0 Å². The highest BCUT2D eigenvalue weighted by Crippen LogP contribution is 2.20. The summed E-state index contributed by atoms with van der Waals surface area (Å²) in [6.07, 6.45) is 0. The molecule has 0 bridgehead atoms. The number of carbonyl (C=O) groups is 2. The highest BCUT2D eigenvalue weighted by Gasteiger charge is 2.15. The Balaban J connectivity index is 2.33. The molecule has 0 saturated heterocycles. The maximum atomic E-state index is 13.2. The van der Waals surface area contributed by atoms with E-state index in [-0.39, 0.29) is 21.3 Å². The van der Waals surface area contributed by atoms with E-state index in [9.17, 15) is 18.4 Å². The van der Waals surface area contributed by atoms with Crippen LogP contribution in [-0.2, 0) is 0 Å². The lowest BCUT2D eigenvalue weighted by Crippen LogP contribution is -2.15. The summed E-state index contributed by atoms with van der Waals surface area (Å²) < 4.78 is 26.4. The van der Waals surface area contributed by atoms with Crippen molar-refractivity contribution < 1.29 is 23.5 Å². The van der Waals surface area contributed by atoms with Gasteiger partial charge in [0, 0.05) is 5.56 Å². The lowest BCUT2D eigenvalue weighted by molar-refractivity contribution is 0.0698. The zero-order valence-corrected chi connectivity index (χ0v) is 11.9. The molecule has 0 saturated carbocycles. The molecule has 0 unspecified atom stereocenters. The van der Waals surface area contributed by atoms with Crippen LogP contribution in [0.4, 0.5) is 14.5 Å². The number of nitrogens with one attached hydrogen (secondary N) is 1. The van der Waals surface area contributed by atoms with Crippen molar-refractivity contribution in [3.63, 3.8) is 0 Å². The molecule has 4 nitrogen and oxygen atoms in total. The molecule has 0 aliphatic heterocycles. The normalized spacial score (nSPS) is 10.2. The van der Waals surface area contributed by atoms with E-state index in [0.29, 0.717) is 0 Å². The molecule has 2 aromatic carbocycles. The fourth-order valence-electron chi connectivity index (χ4n) is 1.64. The lowest BCUT2D eigenvalue weighted by Gasteiger charge is -2.09. The second kappa shape index (κ2) is 6.01. The molecule has 21 heavy (non-hydrogen) atoms. The number of halogens is 3. The van der Waals surface area contributed by atoms with Crippen LogP contribution in [-0.4, -0.2) is 17.0 Å². The summed E-state index contributed by atoms with van der Waals surface area (Å²) in [5, 5.41) is 11.3. The van der Waals surface area contributed by atoms with Gasteiger partial charge >= 0.3 is 5.97 Å². The van der Waals surface area contributed by atoms with E-state index >= 15 is 0 Å². The molecule has 7 heteroatoms. The summed E-state index contributed by atoms with van der Waals surface area (Å²) >= 11 is 2.94. The van der Waals surface area contributed by atoms with E-state index in [1.807, 2.05) is 0 Å². The van der Waals surface area contributed by atoms with Gasteiger partial charge in [0.2, 0.25) is 0 Å². The number of carboxylic acids is 1. The van der Waals surface area contributed by atoms with Crippen LogP contribution in [0.5, 0.6) is 0 Å². The summed E-state index contributed by atoms with van der Waals surface area (Å²) in [5.41, 5.74) is -0.317. The molecule has 0 aliphatic carbocycles. The van der Waals surface area contributed by atoms with Crippen LogP contribution in [0, 0.1) is 11.6 Å². The third-order valence-electron chi connectivity index (χ3n) is 2.64. The van der Waals surface area contributed by atoms with E-state index in [0.717, 1.165) is 24.3 Å². The number of hydrogen-bond acceptors (Lipinski definition) is 2. The highest BCUT2D eigenvalue weighted by molar-refractivity contribution is 9.10. The Morgan fingerprint density at radius 2 is 1.81 bits per heavy atom. The first-order valence-corrected chi connectivity index (χ1v) is 6.47. The predicted octanol–water partition coefficient (Wildman–Crippen LogP) is 3.68. The molecule has 0 radical (unpaired) electrons. The molecule has 2 aromatic rings. The Labute approximate surface area is 126 Å². The quantitative estimate of drug-likeness (QED) is 0.882. The average molecular weight is 356 g/mol. The maximum Gasteiger partial charge on any atom is 0.337 e. The van der Waals surface area contributed by atoms with Crippen LogP contribution >= 0.6 is 15.9 Å². The molecule has 0 spiro atoms. The van der Waals surface area contributed by atoms with Crippen molar-refractivity contribution in [3.05, 3.63) is 63.6 Å². The van der Waals surface area contributed by atoms with E-state index in [2.05, 4.69) is 21.2 Å². The maximum absolute atomic E-state index is 13.2. The highest BCUT2D eigenvalue weighted by atomic mass is 79.9. The molecule has 0 aliphatic rings. The molecule has 2 rings (SSSR count). The monoisotopic (exact) mass is 355 g/mol. The van der Waals surface area contributed by atoms with Gasteiger partial charge in [0.1, 0.15) is 11.6 Å². The smallest absolute Gasteiger partial charge is 0.337 e. The van der Waals surface area contributed by atoms with Gasteiger partial charge in [0.05, 0.1) is 15.7 Å². The SMILES string of the molecule is O=C(Nc1cc(F)ccc1C(=O)O)c1ccc(F)c(Br)c1. The van der Waals surface area contributed by atoms with Gasteiger partial charge in [-0.15, -0.1) is 0 Å². The molecule has 0 heterocycles. The largest absolute Gasteiger partial charge is 0.478 e. The van der Waals surface area contributed by atoms with Crippen molar-refractivity contribution in [3.8, 4) is 0 Å². The van der Waals surface area contributed by atoms with Crippen molar-refractivity contribution in [2.75, 3.05) is 5.32 Å². The number of benzene rings is 2. The zero-order chi connectivity index (χ0) is 15.6. The second-order valence-electron chi connectivity index (χ2n) is 4.08. The van der Waals surface area contributed by atoms with Gasteiger partial charge in [0.15, 0.2) is 0 Å². The van der Waals surface area contributed by atoms with Gasteiger partial charge in [-0.1, -0.05) is 0 Å². The first kappa shape index (κ1) is 15.1. The Kier molecular flexibility index (Phi) is 4.32. The first-order chi connectivity index (χ1) is 9.88. The molecule has 108 valence electrons. The van der Waals surface area contributed by atoms with Crippen molar-refractivity contribution in [2.45, 2.75) is 0 Å². The van der Waals surface area contributed by atoms with E-state index < -0.39 is 23.5 Å². The zero-order valence-electron chi connectivity index (χ0n) is 10.4. The molecule has 0 atom stereocenters. The second-order valence-corrected chi connectivity index (χ2v) is 4.93. The summed E-state index contributed by atoms with van der Waals surface area (Å²) in [4.78, 5) is 23.0. The molecule has 0 aromatic heterocycles. The van der Waals surface area contributed by atoms with Gasteiger partial charge in [-0.3, -0.25) is 4.79 Å². The van der Waals surface area contributed by atoms with Crippen LogP contribution < -0.4 is 5.32 Å². The lowest BCUT2D eigenvalue weighted by atomic mass is 10.1. The number of rotatable bonds is 3. The van der Waals surface area contributed by atoms with Crippen molar-refractivity contribution in [1.82, 2.24) is 0 Å². The summed E-state index contributed by atoms with van der Waals surface area (Å²) in [6, 6.07) is 6.49. The van der Waals surface area contributed by atoms with Crippen LogP contribution in [0.1, 0.15) is 20.7 Å². The van der Waals surface area contributed by atoms with Gasteiger partial charge in [0.25, 0.3) is 5.91 Å². The van der Waals surface area contributed by atoms with Crippen LogP contribution in [0.25, 0.3) is 0 Å². The number of carbonyl (C=O) groups excluding carboxylic acids is 1. The minimum Gasteiger partial charge on any atom is -0.478 e. The Morgan fingerprint density at radius 1 is 1.10 bits per heavy atom.